The van der Waals surface area contributed by atoms with Crippen molar-refractivity contribution in [3.05, 3.63) is 0 Å². The summed E-state index contributed by atoms with van der Waals surface area (Å²) in [6.45, 7) is 14.3. The fourth-order valence-electron chi connectivity index (χ4n) is 2.85. The fourth-order valence-corrected chi connectivity index (χ4v) is 2.85. The van der Waals surface area contributed by atoms with Gasteiger partial charge in [0, 0.05) is 12.0 Å². The Kier molecular flexibility index (Phi) is 3.27. The van der Waals surface area contributed by atoms with Gasteiger partial charge in [0.2, 0.25) is 0 Å². The summed E-state index contributed by atoms with van der Waals surface area (Å²) in [5.41, 5.74) is 0.0446. The molecule has 2 atom stereocenters. The van der Waals surface area contributed by atoms with Crippen molar-refractivity contribution in [3.8, 4) is 0 Å². The van der Waals surface area contributed by atoms with E-state index in [0.29, 0.717) is 12.0 Å². The molecular weight excluding hydrogens is 174 g/mol. The SMILES string of the molecule is CCNC(C)C1CC(C)(C)OC1(C)C. The summed E-state index contributed by atoms with van der Waals surface area (Å²) in [4.78, 5) is 0. The van der Waals surface area contributed by atoms with Gasteiger partial charge >= 0.3 is 0 Å². The van der Waals surface area contributed by atoms with Gasteiger partial charge in [-0.3, -0.25) is 0 Å². The minimum atomic E-state index is 0.00505. The van der Waals surface area contributed by atoms with Crippen molar-refractivity contribution in [1.82, 2.24) is 5.32 Å². The Morgan fingerprint density at radius 2 is 1.93 bits per heavy atom. The number of nitrogens with one attached hydrogen (secondary N) is 1. The van der Waals surface area contributed by atoms with E-state index in [1.165, 1.54) is 0 Å². The molecule has 0 bridgehead atoms. The molecule has 1 fully saturated rings. The van der Waals surface area contributed by atoms with Crippen LogP contribution in [0.25, 0.3) is 0 Å². The summed E-state index contributed by atoms with van der Waals surface area (Å²) in [7, 11) is 0. The molecule has 2 heteroatoms. The van der Waals surface area contributed by atoms with Crippen LogP contribution in [0.3, 0.4) is 0 Å². The van der Waals surface area contributed by atoms with Gasteiger partial charge in [-0.05, 0) is 47.6 Å². The molecule has 0 spiro atoms. The van der Waals surface area contributed by atoms with E-state index in [0.717, 1.165) is 13.0 Å². The molecule has 1 N–H and O–H groups in total. The number of rotatable bonds is 3. The summed E-state index contributed by atoms with van der Waals surface area (Å²) in [6.07, 6.45) is 1.15. The quantitative estimate of drug-likeness (QED) is 0.754. The molecule has 1 aliphatic rings. The monoisotopic (exact) mass is 199 g/mol. The maximum absolute atomic E-state index is 6.08. The van der Waals surface area contributed by atoms with Gasteiger partial charge in [0.05, 0.1) is 11.2 Å². The van der Waals surface area contributed by atoms with E-state index >= 15 is 0 Å². The lowest BCUT2D eigenvalue weighted by Crippen LogP contribution is -2.42. The molecule has 1 saturated heterocycles. The predicted octanol–water partition coefficient (Wildman–Crippen LogP) is 2.58. The molecule has 1 rings (SSSR count). The summed E-state index contributed by atoms with van der Waals surface area (Å²) in [5.74, 6) is 0.609. The first-order chi connectivity index (χ1) is 6.28. The molecule has 84 valence electrons. The third kappa shape index (κ3) is 2.48. The van der Waals surface area contributed by atoms with Crippen LogP contribution >= 0.6 is 0 Å². The predicted molar refractivity (Wildman–Crippen MR) is 60.5 cm³/mol. The zero-order valence-electron chi connectivity index (χ0n) is 10.5. The highest BCUT2D eigenvalue weighted by molar-refractivity contribution is 4.98. The highest BCUT2D eigenvalue weighted by Crippen LogP contribution is 2.43. The van der Waals surface area contributed by atoms with Crippen LogP contribution in [0.2, 0.25) is 0 Å². The smallest absolute Gasteiger partial charge is 0.0677 e. The summed E-state index contributed by atoms with van der Waals surface area (Å²) < 4.78 is 6.08. The maximum atomic E-state index is 6.08. The first-order valence-corrected chi connectivity index (χ1v) is 5.72. The molecule has 0 amide bonds. The van der Waals surface area contributed by atoms with Crippen LogP contribution in [-0.2, 0) is 4.74 Å². The second kappa shape index (κ2) is 3.82. The Morgan fingerprint density at radius 1 is 1.36 bits per heavy atom. The van der Waals surface area contributed by atoms with Crippen LogP contribution in [0.4, 0.5) is 0 Å². The lowest BCUT2D eigenvalue weighted by Gasteiger charge is -2.31. The first kappa shape index (κ1) is 12.0. The van der Waals surface area contributed by atoms with E-state index in [2.05, 4.69) is 46.9 Å². The molecule has 0 aliphatic carbocycles. The minimum absolute atomic E-state index is 0.00505. The Balaban J connectivity index is 2.69. The second-order valence-corrected chi connectivity index (χ2v) is 5.62. The summed E-state index contributed by atoms with van der Waals surface area (Å²) in [6, 6.07) is 0.539. The van der Waals surface area contributed by atoms with Crippen molar-refractivity contribution >= 4 is 0 Å². The van der Waals surface area contributed by atoms with Crippen molar-refractivity contribution in [2.45, 2.75) is 65.2 Å². The first-order valence-electron chi connectivity index (χ1n) is 5.72. The van der Waals surface area contributed by atoms with Gasteiger partial charge < -0.3 is 10.1 Å². The Bertz CT molecular complexity index is 198. The van der Waals surface area contributed by atoms with E-state index in [1.54, 1.807) is 0 Å². The summed E-state index contributed by atoms with van der Waals surface area (Å²) >= 11 is 0. The van der Waals surface area contributed by atoms with Crippen molar-refractivity contribution < 1.29 is 4.74 Å². The number of hydrogen-bond donors (Lipinski definition) is 1. The summed E-state index contributed by atoms with van der Waals surface area (Å²) in [5, 5.41) is 3.50. The van der Waals surface area contributed by atoms with Gasteiger partial charge in [0.1, 0.15) is 0 Å². The number of ether oxygens (including phenoxy) is 1. The molecule has 14 heavy (non-hydrogen) atoms. The van der Waals surface area contributed by atoms with E-state index < -0.39 is 0 Å². The van der Waals surface area contributed by atoms with Crippen LogP contribution in [0, 0.1) is 5.92 Å². The minimum Gasteiger partial charge on any atom is -0.369 e. The van der Waals surface area contributed by atoms with Crippen LogP contribution in [-0.4, -0.2) is 23.8 Å². The third-order valence-corrected chi connectivity index (χ3v) is 3.27. The molecule has 2 unspecified atom stereocenters. The second-order valence-electron chi connectivity index (χ2n) is 5.62. The third-order valence-electron chi connectivity index (χ3n) is 3.27. The topological polar surface area (TPSA) is 21.3 Å². The normalized spacial score (nSPS) is 31.7. The fraction of sp³-hybridized carbons (Fsp3) is 1.00. The van der Waals surface area contributed by atoms with Crippen molar-refractivity contribution in [1.29, 1.82) is 0 Å². The molecule has 0 radical (unpaired) electrons. The van der Waals surface area contributed by atoms with Gasteiger partial charge in [-0.2, -0.15) is 0 Å². The van der Waals surface area contributed by atoms with Crippen LogP contribution < -0.4 is 5.32 Å². The van der Waals surface area contributed by atoms with Crippen molar-refractivity contribution in [2.75, 3.05) is 6.54 Å². The standard InChI is InChI=1S/C12H25NO/c1-7-13-9(2)10-8-11(3,4)14-12(10,5)6/h9-10,13H,7-8H2,1-6H3. The van der Waals surface area contributed by atoms with Crippen molar-refractivity contribution in [3.63, 3.8) is 0 Å². The lowest BCUT2D eigenvalue weighted by molar-refractivity contribution is -0.0770. The lowest BCUT2D eigenvalue weighted by atomic mass is 9.82. The molecule has 2 nitrogen and oxygen atoms in total. The molecule has 0 aromatic rings. The Hall–Kier alpha value is -0.0800. The van der Waals surface area contributed by atoms with Crippen molar-refractivity contribution in [2.24, 2.45) is 5.92 Å². The number of hydrogen-bond acceptors (Lipinski definition) is 2. The van der Waals surface area contributed by atoms with E-state index in [9.17, 15) is 0 Å². The van der Waals surface area contributed by atoms with E-state index in [4.69, 9.17) is 4.74 Å². The molecule has 1 aliphatic heterocycles. The van der Waals surface area contributed by atoms with Crippen LogP contribution in [0.1, 0.15) is 48.0 Å². The largest absolute Gasteiger partial charge is 0.369 e. The highest BCUT2D eigenvalue weighted by Gasteiger charge is 2.47. The molecule has 0 aromatic heterocycles. The van der Waals surface area contributed by atoms with Crippen LogP contribution in [0.5, 0.6) is 0 Å². The van der Waals surface area contributed by atoms with Gasteiger partial charge in [-0.1, -0.05) is 6.92 Å². The highest BCUT2D eigenvalue weighted by atomic mass is 16.5. The average molecular weight is 199 g/mol. The zero-order chi connectivity index (χ0) is 11.0. The van der Waals surface area contributed by atoms with Gasteiger partial charge in [0.25, 0.3) is 0 Å². The van der Waals surface area contributed by atoms with Gasteiger partial charge in [-0.25, -0.2) is 0 Å². The van der Waals surface area contributed by atoms with Crippen LogP contribution in [0.15, 0.2) is 0 Å². The average Bonchev–Trinajstić information content (AvgIpc) is 2.19. The Labute approximate surface area is 88.4 Å². The van der Waals surface area contributed by atoms with Gasteiger partial charge in [-0.15, -0.1) is 0 Å². The molecular formula is C12H25NO. The zero-order valence-corrected chi connectivity index (χ0v) is 10.5. The molecule has 0 aromatic carbocycles. The molecule has 0 saturated carbocycles. The van der Waals surface area contributed by atoms with E-state index in [-0.39, 0.29) is 11.2 Å². The molecule has 1 heterocycles. The van der Waals surface area contributed by atoms with Gasteiger partial charge in [0.15, 0.2) is 0 Å². The Morgan fingerprint density at radius 3 is 2.29 bits per heavy atom. The maximum Gasteiger partial charge on any atom is 0.0677 e. The van der Waals surface area contributed by atoms with E-state index in [1.807, 2.05) is 0 Å².